The molecule has 0 amide bonds. The minimum Gasteiger partial charge on any atom is -0.548 e. The zero-order valence-corrected chi connectivity index (χ0v) is 9.97. The standard InChI is InChI=1S/C5H9NO4S.H3N.5H2O/c6-3(5(9)10)1-11-2-4(7)8;;;;;;/h3H,1-2,6H2,(H,7,8)(H,9,10);1H3;5*1H2/t3-;;;;;;/m0....../s1. The topological polar surface area (TPSA) is 297 Å². The van der Waals surface area contributed by atoms with Gasteiger partial charge < -0.3 is 54.3 Å². The van der Waals surface area contributed by atoms with Gasteiger partial charge in [-0.2, -0.15) is 0 Å². The van der Waals surface area contributed by atoms with Gasteiger partial charge in [-0.3, -0.25) is 4.79 Å². The van der Waals surface area contributed by atoms with E-state index in [-0.39, 0.29) is 45.0 Å². The molecule has 0 aromatic carbocycles. The third kappa shape index (κ3) is 31.3. The monoisotopic (exact) mass is 286 g/mol. The van der Waals surface area contributed by atoms with Crippen molar-refractivity contribution in [2.24, 2.45) is 5.73 Å². The summed E-state index contributed by atoms with van der Waals surface area (Å²) in [7, 11) is 0. The normalized spacial score (nSPS) is 8.06. The highest BCUT2D eigenvalue weighted by Crippen LogP contribution is 2.00. The van der Waals surface area contributed by atoms with E-state index in [0.717, 1.165) is 11.8 Å². The molecule has 17 heavy (non-hydrogen) atoms. The van der Waals surface area contributed by atoms with Crippen molar-refractivity contribution in [1.82, 2.24) is 6.15 Å². The van der Waals surface area contributed by atoms with Crippen LogP contribution in [0.4, 0.5) is 0 Å². The van der Waals surface area contributed by atoms with Gasteiger partial charge in [0.25, 0.3) is 0 Å². The SMILES string of the molecule is N[C@@H](CSCC(=O)O)C(=O)[O-].O.O.O.O.O.[NH4+]. The highest BCUT2D eigenvalue weighted by Gasteiger charge is 2.04. The zero-order chi connectivity index (χ0) is 8.85. The van der Waals surface area contributed by atoms with Crippen LogP contribution in [0.3, 0.4) is 0 Å². The summed E-state index contributed by atoms with van der Waals surface area (Å²) in [6, 6.07) is -1.08. The lowest BCUT2D eigenvalue weighted by Crippen LogP contribution is -2.43. The average molecular weight is 286 g/mol. The molecule has 0 aromatic rings. The van der Waals surface area contributed by atoms with Crippen LogP contribution in [0.5, 0.6) is 0 Å². The summed E-state index contributed by atoms with van der Waals surface area (Å²) >= 11 is 0.952. The lowest BCUT2D eigenvalue weighted by atomic mass is 10.4. The molecule has 0 saturated heterocycles. The molecule has 0 aromatic heterocycles. The summed E-state index contributed by atoms with van der Waals surface area (Å²) < 4.78 is 0. The van der Waals surface area contributed by atoms with E-state index in [1.54, 1.807) is 0 Å². The molecule has 0 aliphatic heterocycles. The Morgan fingerprint density at radius 2 is 1.53 bits per heavy atom. The van der Waals surface area contributed by atoms with E-state index >= 15 is 0 Å². The van der Waals surface area contributed by atoms with Gasteiger partial charge >= 0.3 is 5.97 Å². The Kier molecular flexibility index (Phi) is 63.5. The molecule has 0 aliphatic carbocycles. The van der Waals surface area contributed by atoms with Gasteiger partial charge in [-0.1, -0.05) is 0 Å². The van der Waals surface area contributed by atoms with Gasteiger partial charge in [0, 0.05) is 5.75 Å². The molecular formula is C5H22N2O9S. The van der Waals surface area contributed by atoms with Gasteiger partial charge in [0.15, 0.2) is 0 Å². The summed E-state index contributed by atoms with van der Waals surface area (Å²) in [5, 5.41) is 18.1. The van der Waals surface area contributed by atoms with Gasteiger partial charge in [0.1, 0.15) is 0 Å². The van der Waals surface area contributed by atoms with Crippen LogP contribution >= 0.6 is 11.8 Å². The van der Waals surface area contributed by atoms with Crippen molar-refractivity contribution in [3.05, 3.63) is 0 Å². The first kappa shape index (κ1) is 44.4. The fourth-order valence-corrected chi connectivity index (χ4v) is 1.02. The smallest absolute Gasteiger partial charge is 0.313 e. The second kappa shape index (κ2) is 24.3. The van der Waals surface area contributed by atoms with Crippen molar-refractivity contribution >= 4 is 23.7 Å². The number of carbonyl (C=O) groups excluding carboxylic acids is 1. The molecule has 0 saturated carbocycles. The van der Waals surface area contributed by atoms with E-state index in [1.807, 2.05) is 0 Å². The number of hydrogen-bond acceptors (Lipinski definition) is 5. The van der Waals surface area contributed by atoms with E-state index in [2.05, 4.69) is 0 Å². The third-order valence-electron chi connectivity index (χ3n) is 0.826. The highest BCUT2D eigenvalue weighted by atomic mass is 32.2. The number of carboxylic acids is 2. The van der Waals surface area contributed by atoms with Crippen LogP contribution in [0.15, 0.2) is 0 Å². The van der Waals surface area contributed by atoms with Gasteiger partial charge in [0.05, 0.1) is 17.8 Å². The first-order valence-electron chi connectivity index (χ1n) is 2.80. The van der Waals surface area contributed by atoms with E-state index < -0.39 is 18.0 Å². The minimum absolute atomic E-state index is 0. The van der Waals surface area contributed by atoms with Crippen molar-refractivity contribution in [2.45, 2.75) is 6.04 Å². The van der Waals surface area contributed by atoms with Crippen LogP contribution in [0.25, 0.3) is 0 Å². The van der Waals surface area contributed by atoms with Crippen molar-refractivity contribution in [1.29, 1.82) is 0 Å². The lowest BCUT2D eigenvalue weighted by molar-refractivity contribution is -0.306. The first-order valence-corrected chi connectivity index (χ1v) is 3.95. The number of hydrogen-bond donors (Lipinski definition) is 3. The summed E-state index contributed by atoms with van der Waals surface area (Å²) in [6.07, 6.45) is 0. The van der Waals surface area contributed by atoms with E-state index in [4.69, 9.17) is 10.8 Å². The summed E-state index contributed by atoms with van der Waals surface area (Å²) in [5.41, 5.74) is 5.03. The average Bonchev–Trinajstić information content (AvgIpc) is 1.86. The minimum atomic E-state index is -1.36. The Labute approximate surface area is 101 Å². The van der Waals surface area contributed by atoms with Crippen molar-refractivity contribution in [3.63, 3.8) is 0 Å². The van der Waals surface area contributed by atoms with E-state index in [0.29, 0.717) is 0 Å². The van der Waals surface area contributed by atoms with Crippen LogP contribution in [-0.2, 0) is 9.59 Å². The van der Waals surface area contributed by atoms with E-state index in [9.17, 15) is 14.7 Å². The molecule has 0 fully saturated rings. The molecule has 0 bridgehead atoms. The van der Waals surface area contributed by atoms with Crippen LogP contribution in [0.2, 0.25) is 0 Å². The third-order valence-corrected chi connectivity index (χ3v) is 1.87. The second-order valence-electron chi connectivity index (χ2n) is 1.83. The van der Waals surface area contributed by atoms with Crippen molar-refractivity contribution in [3.8, 4) is 0 Å². The molecule has 0 rings (SSSR count). The quantitative estimate of drug-likeness (QED) is 0.441. The number of aliphatic carboxylic acids is 2. The molecule has 1 atom stereocenters. The molecular weight excluding hydrogens is 264 g/mol. The number of nitrogens with two attached hydrogens (primary N) is 1. The fraction of sp³-hybridized carbons (Fsp3) is 0.600. The zero-order valence-electron chi connectivity index (χ0n) is 9.15. The number of carbonyl (C=O) groups is 2. The molecule has 0 radical (unpaired) electrons. The molecule has 112 valence electrons. The predicted octanol–water partition coefficient (Wildman–Crippen LogP) is -5.87. The van der Waals surface area contributed by atoms with Crippen molar-refractivity contribution in [2.75, 3.05) is 11.5 Å². The summed E-state index contributed by atoms with van der Waals surface area (Å²) in [4.78, 5) is 19.9. The predicted molar refractivity (Wildman–Crippen MR) is 62.0 cm³/mol. The molecule has 11 nitrogen and oxygen atoms in total. The molecule has 12 heteroatoms. The fourth-order valence-electron chi connectivity index (χ4n) is 0.341. The Balaban J connectivity index is -0.0000000333. The van der Waals surface area contributed by atoms with Crippen LogP contribution in [0.1, 0.15) is 0 Å². The maximum Gasteiger partial charge on any atom is 0.313 e. The van der Waals surface area contributed by atoms with Gasteiger partial charge in [0.2, 0.25) is 0 Å². The molecule has 0 aliphatic rings. The molecule has 0 heterocycles. The Bertz CT molecular complexity index is 169. The first-order chi connectivity index (χ1) is 5.04. The lowest BCUT2D eigenvalue weighted by Gasteiger charge is -2.10. The maximum atomic E-state index is 9.98. The Morgan fingerprint density at radius 3 is 1.76 bits per heavy atom. The molecule has 0 spiro atoms. The van der Waals surface area contributed by atoms with Crippen molar-refractivity contribution < 1.29 is 47.2 Å². The number of carboxylic acid groups (broad SMARTS) is 2. The molecule has 0 unspecified atom stereocenters. The van der Waals surface area contributed by atoms with Crippen LogP contribution in [0, 0.1) is 0 Å². The Hall–Kier alpha value is -0.990. The van der Waals surface area contributed by atoms with Gasteiger partial charge in [-0.25, -0.2) is 0 Å². The van der Waals surface area contributed by atoms with Crippen LogP contribution < -0.4 is 17.0 Å². The van der Waals surface area contributed by atoms with Gasteiger partial charge in [-0.05, 0) is 0 Å². The largest absolute Gasteiger partial charge is 0.548 e. The van der Waals surface area contributed by atoms with E-state index in [1.165, 1.54) is 0 Å². The second-order valence-corrected chi connectivity index (χ2v) is 2.86. The number of thioether (sulfide) groups is 1. The Morgan fingerprint density at radius 1 is 1.18 bits per heavy atom. The summed E-state index contributed by atoms with van der Waals surface area (Å²) in [6.45, 7) is 0. The maximum absolute atomic E-state index is 9.98. The number of quaternary nitrogens is 1. The van der Waals surface area contributed by atoms with Gasteiger partial charge in [-0.15, -0.1) is 11.8 Å². The number of rotatable bonds is 5. The van der Waals surface area contributed by atoms with Crippen LogP contribution in [-0.4, -0.2) is 62.0 Å². The molecule has 17 N–H and O–H groups in total. The highest BCUT2D eigenvalue weighted by molar-refractivity contribution is 8.00. The summed E-state index contributed by atoms with van der Waals surface area (Å²) in [5.74, 6) is -2.42.